The molecule has 2 heterocycles. The summed E-state index contributed by atoms with van der Waals surface area (Å²) in [5.74, 6) is 1.43. The fraction of sp³-hybridized carbons (Fsp3) is 0.381. The molecule has 1 fully saturated rings. The standard InChI is InChI=1S/C21H23NO4/c1-21(2)19(11-20(23)26-21)22-12-14-7-9-15(10-8-14)18-13-24-16-5-3-4-6-17(16)25-18/h3-10,18-19,22H,11-13H2,1-2H3. The average molecular weight is 353 g/mol. The van der Waals surface area contributed by atoms with Gasteiger partial charge in [0, 0.05) is 6.54 Å². The molecule has 0 spiro atoms. The zero-order chi connectivity index (χ0) is 18.1. The van der Waals surface area contributed by atoms with Gasteiger partial charge >= 0.3 is 5.97 Å². The number of para-hydroxylation sites is 2. The quantitative estimate of drug-likeness (QED) is 0.854. The molecule has 1 N–H and O–H groups in total. The number of carbonyl (C=O) groups excluding carboxylic acids is 1. The summed E-state index contributed by atoms with van der Waals surface area (Å²) in [7, 11) is 0. The maximum Gasteiger partial charge on any atom is 0.308 e. The number of benzene rings is 2. The van der Waals surface area contributed by atoms with Crippen molar-refractivity contribution < 1.29 is 19.0 Å². The minimum absolute atomic E-state index is 0.0289. The van der Waals surface area contributed by atoms with Crippen LogP contribution in [0.4, 0.5) is 0 Å². The van der Waals surface area contributed by atoms with E-state index < -0.39 is 5.60 Å². The van der Waals surface area contributed by atoms with Gasteiger partial charge in [-0.1, -0.05) is 36.4 Å². The maximum absolute atomic E-state index is 11.5. The Balaban J connectivity index is 1.38. The lowest BCUT2D eigenvalue weighted by molar-refractivity contribution is -0.146. The molecule has 2 aliphatic heterocycles. The van der Waals surface area contributed by atoms with Crippen molar-refractivity contribution >= 4 is 5.97 Å². The first-order chi connectivity index (χ1) is 12.5. The molecular weight excluding hydrogens is 330 g/mol. The summed E-state index contributed by atoms with van der Waals surface area (Å²) in [6.45, 7) is 5.08. The highest BCUT2D eigenvalue weighted by Gasteiger charge is 2.41. The van der Waals surface area contributed by atoms with Gasteiger partial charge < -0.3 is 19.5 Å². The lowest BCUT2D eigenvalue weighted by Crippen LogP contribution is -2.42. The van der Waals surface area contributed by atoms with Crippen LogP contribution < -0.4 is 14.8 Å². The summed E-state index contributed by atoms with van der Waals surface area (Å²) >= 11 is 0. The van der Waals surface area contributed by atoms with E-state index in [2.05, 4.69) is 29.6 Å². The van der Waals surface area contributed by atoms with E-state index in [9.17, 15) is 4.79 Å². The first kappa shape index (κ1) is 16.9. The molecule has 0 amide bonds. The zero-order valence-electron chi connectivity index (χ0n) is 15.0. The van der Waals surface area contributed by atoms with Crippen LogP contribution in [0, 0.1) is 0 Å². The van der Waals surface area contributed by atoms with Gasteiger partial charge in [0.15, 0.2) is 17.6 Å². The van der Waals surface area contributed by atoms with Crippen LogP contribution in [0.1, 0.15) is 37.5 Å². The predicted octanol–water partition coefficient (Wildman–Crippen LogP) is 3.38. The van der Waals surface area contributed by atoms with Crippen LogP contribution in [0.25, 0.3) is 0 Å². The van der Waals surface area contributed by atoms with Gasteiger partial charge in [0.2, 0.25) is 0 Å². The molecule has 0 radical (unpaired) electrons. The van der Waals surface area contributed by atoms with Crippen molar-refractivity contribution in [3.8, 4) is 11.5 Å². The molecule has 0 bridgehead atoms. The van der Waals surface area contributed by atoms with Crippen molar-refractivity contribution in [1.82, 2.24) is 5.32 Å². The van der Waals surface area contributed by atoms with Crippen molar-refractivity contribution in [3.63, 3.8) is 0 Å². The van der Waals surface area contributed by atoms with E-state index in [1.165, 1.54) is 0 Å². The lowest BCUT2D eigenvalue weighted by atomic mass is 9.98. The van der Waals surface area contributed by atoms with Crippen molar-refractivity contribution in [3.05, 3.63) is 59.7 Å². The summed E-state index contributed by atoms with van der Waals surface area (Å²) in [5.41, 5.74) is 1.78. The van der Waals surface area contributed by atoms with Crippen LogP contribution in [0.2, 0.25) is 0 Å². The van der Waals surface area contributed by atoms with E-state index in [0.717, 1.165) is 22.6 Å². The number of carbonyl (C=O) groups is 1. The van der Waals surface area contributed by atoms with Crippen LogP contribution in [0.3, 0.4) is 0 Å². The van der Waals surface area contributed by atoms with Crippen molar-refractivity contribution in [2.75, 3.05) is 6.61 Å². The molecule has 2 aromatic carbocycles. The number of fused-ring (bicyclic) bond motifs is 1. The van der Waals surface area contributed by atoms with E-state index in [0.29, 0.717) is 19.6 Å². The van der Waals surface area contributed by atoms with E-state index >= 15 is 0 Å². The maximum atomic E-state index is 11.5. The molecule has 2 unspecified atom stereocenters. The summed E-state index contributed by atoms with van der Waals surface area (Å²) in [6, 6.07) is 16.0. The Kier molecular flexibility index (Phi) is 4.32. The van der Waals surface area contributed by atoms with Crippen LogP contribution in [-0.2, 0) is 16.1 Å². The average Bonchev–Trinajstić information content (AvgIpc) is 2.91. The van der Waals surface area contributed by atoms with Gasteiger partial charge in [-0.15, -0.1) is 0 Å². The predicted molar refractivity (Wildman–Crippen MR) is 97.2 cm³/mol. The SMILES string of the molecule is CC1(C)OC(=O)CC1NCc1ccc(C2COc3ccccc3O2)cc1. The molecule has 136 valence electrons. The van der Waals surface area contributed by atoms with Gasteiger partial charge in [0.1, 0.15) is 12.2 Å². The highest BCUT2D eigenvalue weighted by molar-refractivity contribution is 5.73. The Morgan fingerprint density at radius 3 is 2.50 bits per heavy atom. The van der Waals surface area contributed by atoms with E-state index in [1.54, 1.807) is 0 Å². The number of esters is 1. The third-order valence-electron chi connectivity index (χ3n) is 5.00. The first-order valence-corrected chi connectivity index (χ1v) is 8.94. The number of rotatable bonds is 4. The number of hydrogen-bond acceptors (Lipinski definition) is 5. The van der Waals surface area contributed by atoms with Crippen molar-refractivity contribution in [2.24, 2.45) is 0 Å². The fourth-order valence-electron chi connectivity index (χ4n) is 3.41. The van der Waals surface area contributed by atoms with Crippen LogP contribution >= 0.6 is 0 Å². The number of nitrogens with one attached hydrogen (secondary N) is 1. The highest BCUT2D eigenvalue weighted by atomic mass is 16.6. The topological polar surface area (TPSA) is 56.8 Å². The number of cyclic esters (lactones) is 1. The van der Waals surface area contributed by atoms with Gasteiger partial charge in [-0.3, -0.25) is 4.79 Å². The van der Waals surface area contributed by atoms with Crippen LogP contribution in [0.15, 0.2) is 48.5 Å². The van der Waals surface area contributed by atoms with E-state index in [4.69, 9.17) is 14.2 Å². The fourth-order valence-corrected chi connectivity index (χ4v) is 3.41. The molecular formula is C21H23NO4. The monoisotopic (exact) mass is 353 g/mol. The minimum atomic E-state index is -0.461. The molecule has 0 saturated carbocycles. The number of hydrogen-bond donors (Lipinski definition) is 1. The second-order valence-electron chi connectivity index (χ2n) is 7.32. The van der Waals surface area contributed by atoms with Crippen molar-refractivity contribution in [1.29, 1.82) is 0 Å². The molecule has 4 rings (SSSR count). The van der Waals surface area contributed by atoms with Gasteiger partial charge in [0.25, 0.3) is 0 Å². The molecule has 26 heavy (non-hydrogen) atoms. The third-order valence-corrected chi connectivity index (χ3v) is 5.00. The van der Waals surface area contributed by atoms with Crippen LogP contribution in [0.5, 0.6) is 11.5 Å². The summed E-state index contributed by atoms with van der Waals surface area (Å²) < 4.78 is 17.2. The summed E-state index contributed by atoms with van der Waals surface area (Å²) in [6.07, 6.45) is 0.310. The molecule has 2 aromatic rings. The number of ether oxygens (including phenoxy) is 3. The lowest BCUT2D eigenvalue weighted by Gasteiger charge is -2.27. The smallest absolute Gasteiger partial charge is 0.308 e. The van der Waals surface area contributed by atoms with Gasteiger partial charge in [-0.25, -0.2) is 0 Å². The van der Waals surface area contributed by atoms with E-state index in [1.807, 2.05) is 38.1 Å². The third kappa shape index (κ3) is 3.40. The Morgan fingerprint density at radius 1 is 1.08 bits per heavy atom. The largest absolute Gasteiger partial charge is 0.485 e. The summed E-state index contributed by atoms with van der Waals surface area (Å²) in [5, 5.41) is 3.43. The minimum Gasteiger partial charge on any atom is -0.485 e. The molecule has 0 aromatic heterocycles. The van der Waals surface area contributed by atoms with Gasteiger partial charge in [-0.05, 0) is 37.1 Å². The normalized spacial score (nSPS) is 23.5. The molecule has 5 nitrogen and oxygen atoms in total. The second-order valence-corrected chi connectivity index (χ2v) is 7.32. The Bertz CT molecular complexity index is 800. The Hall–Kier alpha value is -2.53. The zero-order valence-corrected chi connectivity index (χ0v) is 15.0. The summed E-state index contributed by atoms with van der Waals surface area (Å²) in [4.78, 5) is 11.5. The highest BCUT2D eigenvalue weighted by Crippen LogP contribution is 2.35. The van der Waals surface area contributed by atoms with E-state index in [-0.39, 0.29) is 18.1 Å². The van der Waals surface area contributed by atoms with Crippen molar-refractivity contribution in [2.45, 2.75) is 44.6 Å². The van der Waals surface area contributed by atoms with Gasteiger partial charge in [-0.2, -0.15) is 0 Å². The molecule has 5 heteroatoms. The molecule has 0 aliphatic carbocycles. The second kappa shape index (κ2) is 6.65. The molecule has 1 saturated heterocycles. The van der Waals surface area contributed by atoms with Gasteiger partial charge in [0.05, 0.1) is 12.5 Å². The Morgan fingerprint density at radius 2 is 1.81 bits per heavy atom. The van der Waals surface area contributed by atoms with Crippen LogP contribution in [-0.4, -0.2) is 24.2 Å². The molecule has 2 aliphatic rings. The first-order valence-electron chi connectivity index (χ1n) is 8.94. The molecule has 2 atom stereocenters. The Labute approximate surface area is 153 Å².